The predicted octanol–water partition coefficient (Wildman–Crippen LogP) is 3.53. The molecule has 4 aromatic heterocycles. The minimum Gasteiger partial charge on any atom is -0.368 e. The van der Waals surface area contributed by atoms with Gasteiger partial charge in [0.15, 0.2) is 5.82 Å². The molecule has 4 heterocycles. The zero-order valence-electron chi connectivity index (χ0n) is 17.8. The van der Waals surface area contributed by atoms with E-state index in [0.29, 0.717) is 29.4 Å². The molecule has 8 nitrogen and oxygen atoms in total. The lowest BCUT2D eigenvalue weighted by Crippen LogP contribution is -2.31. The number of rotatable bonds is 7. The molecule has 0 aliphatic carbocycles. The molecule has 0 aliphatic heterocycles. The number of nitrogens with one attached hydrogen (secondary N) is 1. The summed E-state index contributed by atoms with van der Waals surface area (Å²) < 4.78 is 0. The Bertz CT molecular complexity index is 1340. The smallest absolute Gasteiger partial charge is 0.162 e. The molecule has 0 amide bonds. The molecule has 0 saturated carbocycles. The van der Waals surface area contributed by atoms with Crippen LogP contribution in [0, 0.1) is 0 Å². The van der Waals surface area contributed by atoms with Crippen molar-refractivity contribution in [1.82, 2.24) is 29.9 Å². The van der Waals surface area contributed by atoms with Crippen LogP contribution in [0.25, 0.3) is 33.5 Å². The summed E-state index contributed by atoms with van der Waals surface area (Å²) in [5.41, 5.74) is 10.7. The normalized spacial score (nSPS) is 11.9. The predicted molar refractivity (Wildman–Crippen MR) is 128 cm³/mol. The van der Waals surface area contributed by atoms with Crippen LogP contribution in [0.2, 0.25) is 0 Å². The largest absolute Gasteiger partial charge is 0.368 e. The summed E-state index contributed by atoms with van der Waals surface area (Å²) in [6, 6.07) is 15.8. The van der Waals surface area contributed by atoms with Crippen LogP contribution in [0.1, 0.15) is 5.56 Å². The molecule has 0 saturated heterocycles. The van der Waals surface area contributed by atoms with Crippen molar-refractivity contribution in [1.29, 1.82) is 0 Å². The number of pyridine rings is 2. The fraction of sp³-hybridized carbons (Fsp3) is 0.120. The third-order valence-electron chi connectivity index (χ3n) is 5.26. The molecule has 1 aromatic carbocycles. The fourth-order valence-corrected chi connectivity index (χ4v) is 3.67. The van der Waals surface area contributed by atoms with Crippen LogP contribution in [-0.2, 0) is 6.42 Å². The van der Waals surface area contributed by atoms with Gasteiger partial charge in [-0.15, -0.1) is 0 Å². The lowest BCUT2D eigenvalue weighted by molar-refractivity contribution is 0.698. The standard InChI is InChI=1S/C25H22N8/c26-20(12-17-4-2-1-3-5-17)15-31-25-21-8-11-30-22(19-13-28-16-29-14-19)23(21)32-24(33-25)18-6-9-27-10-7-18/h1-11,13-14,16,20H,12,15,26H2,(H,31,32,33)/t20-/m1/s1. The van der Waals surface area contributed by atoms with Gasteiger partial charge in [0.05, 0.1) is 5.69 Å². The van der Waals surface area contributed by atoms with Gasteiger partial charge in [-0.2, -0.15) is 0 Å². The fourth-order valence-electron chi connectivity index (χ4n) is 3.67. The molecule has 0 spiro atoms. The van der Waals surface area contributed by atoms with Crippen molar-refractivity contribution in [2.24, 2.45) is 5.73 Å². The molecule has 0 radical (unpaired) electrons. The first-order valence-electron chi connectivity index (χ1n) is 10.6. The van der Waals surface area contributed by atoms with Gasteiger partial charge in [-0.1, -0.05) is 30.3 Å². The molecule has 0 fully saturated rings. The van der Waals surface area contributed by atoms with Crippen LogP contribution in [0.15, 0.2) is 85.8 Å². The second-order valence-electron chi connectivity index (χ2n) is 7.65. The summed E-state index contributed by atoms with van der Waals surface area (Å²) in [5.74, 6) is 1.28. The Morgan fingerprint density at radius 3 is 2.39 bits per heavy atom. The summed E-state index contributed by atoms with van der Waals surface area (Å²) >= 11 is 0. The Morgan fingerprint density at radius 2 is 1.61 bits per heavy atom. The third kappa shape index (κ3) is 4.65. The van der Waals surface area contributed by atoms with Crippen molar-refractivity contribution >= 4 is 16.7 Å². The van der Waals surface area contributed by atoms with E-state index in [2.05, 4.69) is 37.4 Å². The lowest BCUT2D eigenvalue weighted by atomic mass is 10.1. The van der Waals surface area contributed by atoms with Crippen molar-refractivity contribution in [3.8, 4) is 22.6 Å². The first-order chi connectivity index (χ1) is 16.3. The maximum Gasteiger partial charge on any atom is 0.162 e. The molecule has 8 heteroatoms. The van der Waals surface area contributed by atoms with E-state index in [1.807, 2.05) is 36.4 Å². The molecule has 0 bridgehead atoms. The summed E-state index contributed by atoms with van der Waals surface area (Å²) in [4.78, 5) is 26.6. The van der Waals surface area contributed by atoms with Gasteiger partial charge in [-0.25, -0.2) is 19.9 Å². The van der Waals surface area contributed by atoms with Gasteiger partial charge in [-0.3, -0.25) is 9.97 Å². The number of aromatic nitrogens is 6. The minimum atomic E-state index is -0.0781. The number of nitrogens with two attached hydrogens (primary N) is 1. The highest BCUT2D eigenvalue weighted by atomic mass is 15.0. The molecule has 0 unspecified atom stereocenters. The SMILES string of the molecule is N[C@@H](CNc1nc(-c2ccncc2)nc2c(-c3cncnc3)nccc12)Cc1ccccc1. The molecular formula is C25H22N8. The number of benzene rings is 1. The molecule has 5 aromatic rings. The summed E-state index contributed by atoms with van der Waals surface area (Å²) in [5, 5.41) is 4.30. The Kier molecular flexibility index (Phi) is 5.90. The van der Waals surface area contributed by atoms with Crippen LogP contribution < -0.4 is 11.1 Å². The third-order valence-corrected chi connectivity index (χ3v) is 5.26. The number of nitrogens with zero attached hydrogens (tertiary/aromatic N) is 6. The number of hydrogen-bond acceptors (Lipinski definition) is 8. The van der Waals surface area contributed by atoms with E-state index < -0.39 is 0 Å². The highest BCUT2D eigenvalue weighted by Gasteiger charge is 2.15. The number of hydrogen-bond donors (Lipinski definition) is 2. The molecule has 0 aliphatic rings. The van der Waals surface area contributed by atoms with E-state index in [1.165, 1.54) is 11.9 Å². The van der Waals surface area contributed by atoms with Gasteiger partial charge < -0.3 is 11.1 Å². The maximum atomic E-state index is 6.42. The highest BCUT2D eigenvalue weighted by molar-refractivity contribution is 5.98. The molecule has 1 atom stereocenters. The van der Waals surface area contributed by atoms with Crippen molar-refractivity contribution < 1.29 is 0 Å². The van der Waals surface area contributed by atoms with Gasteiger partial charge in [0.2, 0.25) is 0 Å². The van der Waals surface area contributed by atoms with E-state index in [1.54, 1.807) is 31.0 Å². The summed E-state index contributed by atoms with van der Waals surface area (Å²) in [6.45, 7) is 0.558. The lowest BCUT2D eigenvalue weighted by Gasteiger charge is -2.16. The Hall–Kier alpha value is -4.30. The van der Waals surface area contributed by atoms with Gasteiger partial charge >= 0.3 is 0 Å². The van der Waals surface area contributed by atoms with E-state index in [-0.39, 0.29) is 6.04 Å². The van der Waals surface area contributed by atoms with E-state index in [4.69, 9.17) is 15.7 Å². The van der Waals surface area contributed by atoms with E-state index in [9.17, 15) is 0 Å². The monoisotopic (exact) mass is 434 g/mol. The van der Waals surface area contributed by atoms with Gasteiger partial charge in [0.1, 0.15) is 17.7 Å². The average molecular weight is 435 g/mol. The van der Waals surface area contributed by atoms with E-state index >= 15 is 0 Å². The Balaban J connectivity index is 1.54. The van der Waals surface area contributed by atoms with Crippen molar-refractivity contribution in [3.63, 3.8) is 0 Å². The Morgan fingerprint density at radius 1 is 0.818 bits per heavy atom. The van der Waals surface area contributed by atoms with Crippen LogP contribution in [-0.4, -0.2) is 42.5 Å². The molecule has 33 heavy (non-hydrogen) atoms. The van der Waals surface area contributed by atoms with Gasteiger partial charge in [0, 0.05) is 60.1 Å². The molecule has 5 rings (SSSR count). The summed E-state index contributed by atoms with van der Waals surface area (Å²) in [7, 11) is 0. The quantitative estimate of drug-likeness (QED) is 0.400. The first-order valence-corrected chi connectivity index (χ1v) is 10.6. The molecular weight excluding hydrogens is 412 g/mol. The topological polar surface area (TPSA) is 115 Å². The number of anilines is 1. The first kappa shape index (κ1) is 20.6. The number of fused-ring (bicyclic) bond motifs is 1. The maximum absolute atomic E-state index is 6.42. The van der Waals surface area contributed by atoms with Crippen LogP contribution in [0.5, 0.6) is 0 Å². The zero-order valence-corrected chi connectivity index (χ0v) is 17.8. The average Bonchev–Trinajstić information content (AvgIpc) is 2.88. The van der Waals surface area contributed by atoms with Gasteiger partial charge in [-0.05, 0) is 30.2 Å². The van der Waals surface area contributed by atoms with Crippen LogP contribution >= 0.6 is 0 Å². The molecule has 162 valence electrons. The van der Waals surface area contributed by atoms with Crippen molar-refractivity contribution in [2.45, 2.75) is 12.5 Å². The van der Waals surface area contributed by atoms with Crippen molar-refractivity contribution in [2.75, 3.05) is 11.9 Å². The molecule has 3 N–H and O–H groups in total. The highest BCUT2D eigenvalue weighted by Crippen LogP contribution is 2.30. The zero-order chi connectivity index (χ0) is 22.5. The van der Waals surface area contributed by atoms with Crippen LogP contribution in [0.4, 0.5) is 5.82 Å². The van der Waals surface area contributed by atoms with Crippen LogP contribution in [0.3, 0.4) is 0 Å². The van der Waals surface area contributed by atoms with Gasteiger partial charge in [0.25, 0.3) is 0 Å². The van der Waals surface area contributed by atoms with E-state index in [0.717, 1.165) is 22.9 Å². The summed E-state index contributed by atoms with van der Waals surface area (Å²) in [6.07, 6.45) is 10.9. The van der Waals surface area contributed by atoms with Crippen molar-refractivity contribution in [3.05, 3.63) is 91.4 Å². The Labute approximate surface area is 191 Å². The second kappa shape index (κ2) is 9.46. The minimum absolute atomic E-state index is 0.0781. The second-order valence-corrected chi connectivity index (χ2v) is 7.65.